The summed E-state index contributed by atoms with van der Waals surface area (Å²) < 4.78 is 5.06. The number of aliphatic hydroxyl groups excluding tert-OH is 1. The molecule has 0 aliphatic rings. The first-order chi connectivity index (χ1) is 7.20. The zero-order valence-corrected chi connectivity index (χ0v) is 8.69. The SMILES string of the molecule is C#CCN(CCOCCO)CCC(=O)O. The van der Waals surface area contributed by atoms with Crippen LogP contribution in [0.5, 0.6) is 0 Å². The van der Waals surface area contributed by atoms with Gasteiger partial charge in [0.15, 0.2) is 0 Å². The average molecular weight is 215 g/mol. The summed E-state index contributed by atoms with van der Waals surface area (Å²) in [5.74, 6) is 1.62. The van der Waals surface area contributed by atoms with Gasteiger partial charge in [-0.2, -0.15) is 0 Å². The second-order valence-electron chi connectivity index (χ2n) is 2.96. The molecule has 0 atom stereocenters. The van der Waals surface area contributed by atoms with E-state index < -0.39 is 5.97 Å². The van der Waals surface area contributed by atoms with Gasteiger partial charge in [-0.15, -0.1) is 6.42 Å². The standard InChI is InChI=1S/C10H17NO4/c1-2-4-11(5-3-10(13)14)6-8-15-9-7-12/h1,12H,3-9H2,(H,13,14). The van der Waals surface area contributed by atoms with Crippen LogP contribution in [0.25, 0.3) is 0 Å². The van der Waals surface area contributed by atoms with Crippen LogP contribution >= 0.6 is 0 Å². The fraction of sp³-hybridized carbons (Fsp3) is 0.700. The van der Waals surface area contributed by atoms with E-state index in [4.69, 9.17) is 21.4 Å². The molecule has 5 heteroatoms. The van der Waals surface area contributed by atoms with Gasteiger partial charge in [0, 0.05) is 13.1 Å². The van der Waals surface area contributed by atoms with Crippen LogP contribution in [0.3, 0.4) is 0 Å². The lowest BCUT2D eigenvalue weighted by atomic mass is 10.3. The number of hydrogen-bond donors (Lipinski definition) is 2. The van der Waals surface area contributed by atoms with Crippen molar-refractivity contribution in [3.05, 3.63) is 0 Å². The summed E-state index contributed by atoms with van der Waals surface area (Å²) >= 11 is 0. The first-order valence-electron chi connectivity index (χ1n) is 4.77. The lowest BCUT2D eigenvalue weighted by molar-refractivity contribution is -0.137. The summed E-state index contributed by atoms with van der Waals surface area (Å²) in [4.78, 5) is 12.2. The number of terminal acetylenes is 1. The third-order valence-corrected chi connectivity index (χ3v) is 1.74. The third-order valence-electron chi connectivity index (χ3n) is 1.74. The van der Waals surface area contributed by atoms with Gasteiger partial charge in [-0.3, -0.25) is 9.69 Å². The van der Waals surface area contributed by atoms with E-state index >= 15 is 0 Å². The number of nitrogens with zero attached hydrogens (tertiary/aromatic N) is 1. The van der Waals surface area contributed by atoms with Gasteiger partial charge in [0.1, 0.15) is 0 Å². The Morgan fingerprint density at radius 1 is 1.40 bits per heavy atom. The molecule has 15 heavy (non-hydrogen) atoms. The zero-order valence-electron chi connectivity index (χ0n) is 8.69. The van der Waals surface area contributed by atoms with Crippen LogP contribution in [0.2, 0.25) is 0 Å². The molecule has 0 rings (SSSR count). The predicted octanol–water partition coefficient (Wildman–Crippen LogP) is -0.595. The minimum atomic E-state index is -0.840. The molecule has 0 saturated heterocycles. The van der Waals surface area contributed by atoms with Crippen molar-refractivity contribution in [3.63, 3.8) is 0 Å². The van der Waals surface area contributed by atoms with E-state index in [9.17, 15) is 4.79 Å². The number of carboxylic acids is 1. The van der Waals surface area contributed by atoms with Crippen molar-refractivity contribution in [1.82, 2.24) is 4.90 Å². The summed E-state index contributed by atoms with van der Waals surface area (Å²) in [5, 5.41) is 17.0. The number of hydrogen-bond acceptors (Lipinski definition) is 4. The smallest absolute Gasteiger partial charge is 0.304 e. The van der Waals surface area contributed by atoms with E-state index in [0.717, 1.165) is 0 Å². The Morgan fingerprint density at radius 3 is 2.67 bits per heavy atom. The molecule has 0 aliphatic heterocycles. The molecule has 86 valence electrons. The van der Waals surface area contributed by atoms with Gasteiger partial charge >= 0.3 is 5.97 Å². The summed E-state index contributed by atoms with van der Waals surface area (Å²) in [5.41, 5.74) is 0. The fourth-order valence-corrected chi connectivity index (χ4v) is 1.01. The molecule has 0 unspecified atom stereocenters. The largest absolute Gasteiger partial charge is 0.481 e. The van der Waals surface area contributed by atoms with E-state index in [1.54, 1.807) is 0 Å². The van der Waals surface area contributed by atoms with Gasteiger partial charge in [-0.05, 0) is 0 Å². The number of aliphatic hydroxyl groups is 1. The molecule has 0 spiro atoms. The third kappa shape index (κ3) is 9.22. The maximum atomic E-state index is 10.3. The van der Waals surface area contributed by atoms with Crippen molar-refractivity contribution in [2.75, 3.05) is 39.5 Å². The molecule has 5 nitrogen and oxygen atoms in total. The molecule has 0 fully saturated rings. The van der Waals surface area contributed by atoms with Gasteiger partial charge in [-0.25, -0.2) is 0 Å². The highest BCUT2D eigenvalue weighted by Crippen LogP contribution is 1.91. The molecule has 0 aromatic carbocycles. The normalized spacial score (nSPS) is 10.2. The Hall–Kier alpha value is -1.09. The highest BCUT2D eigenvalue weighted by Gasteiger charge is 2.05. The van der Waals surface area contributed by atoms with Crippen LogP contribution in [0.15, 0.2) is 0 Å². The number of carbonyl (C=O) groups is 1. The van der Waals surface area contributed by atoms with Crippen molar-refractivity contribution in [1.29, 1.82) is 0 Å². The second-order valence-corrected chi connectivity index (χ2v) is 2.96. The average Bonchev–Trinajstić information content (AvgIpc) is 2.20. The molecule has 2 N–H and O–H groups in total. The van der Waals surface area contributed by atoms with Gasteiger partial charge in [-0.1, -0.05) is 5.92 Å². The van der Waals surface area contributed by atoms with Crippen molar-refractivity contribution in [2.45, 2.75) is 6.42 Å². The molecule has 0 amide bonds. The number of ether oxygens (including phenoxy) is 1. The van der Waals surface area contributed by atoms with E-state index in [2.05, 4.69) is 5.92 Å². The van der Waals surface area contributed by atoms with Crippen LogP contribution in [0.1, 0.15) is 6.42 Å². The van der Waals surface area contributed by atoms with E-state index in [-0.39, 0.29) is 13.0 Å². The highest BCUT2D eigenvalue weighted by molar-refractivity contribution is 5.66. The summed E-state index contributed by atoms with van der Waals surface area (Å²) in [6, 6.07) is 0. The molecule has 0 aromatic rings. The molecule has 0 saturated carbocycles. The summed E-state index contributed by atoms with van der Waals surface area (Å²) in [6.45, 7) is 2.14. The first-order valence-corrected chi connectivity index (χ1v) is 4.77. The fourth-order valence-electron chi connectivity index (χ4n) is 1.01. The maximum Gasteiger partial charge on any atom is 0.304 e. The Labute approximate surface area is 89.6 Å². The first kappa shape index (κ1) is 13.9. The highest BCUT2D eigenvalue weighted by atomic mass is 16.5. The molecule has 0 aromatic heterocycles. The molecule has 0 aliphatic carbocycles. The Kier molecular flexibility index (Phi) is 8.78. The van der Waals surface area contributed by atoms with Crippen LogP contribution in [-0.4, -0.2) is 60.5 Å². The van der Waals surface area contributed by atoms with Gasteiger partial charge in [0.2, 0.25) is 0 Å². The topological polar surface area (TPSA) is 70.0 Å². The molecule has 0 bridgehead atoms. The molecular formula is C10H17NO4. The quantitative estimate of drug-likeness (QED) is 0.397. The predicted molar refractivity (Wildman–Crippen MR) is 55.4 cm³/mol. The van der Waals surface area contributed by atoms with Crippen LogP contribution in [0, 0.1) is 12.3 Å². The lowest BCUT2D eigenvalue weighted by Gasteiger charge is -2.18. The van der Waals surface area contributed by atoms with E-state index in [1.807, 2.05) is 4.90 Å². The monoisotopic (exact) mass is 215 g/mol. The lowest BCUT2D eigenvalue weighted by Crippen LogP contribution is -2.30. The van der Waals surface area contributed by atoms with Crippen LogP contribution < -0.4 is 0 Å². The van der Waals surface area contributed by atoms with Crippen molar-refractivity contribution in [2.24, 2.45) is 0 Å². The minimum absolute atomic E-state index is 0.00966. The Morgan fingerprint density at radius 2 is 2.13 bits per heavy atom. The summed E-state index contributed by atoms with van der Waals surface area (Å²) in [6.07, 6.45) is 5.22. The maximum absolute atomic E-state index is 10.3. The van der Waals surface area contributed by atoms with Gasteiger partial charge in [0.25, 0.3) is 0 Å². The van der Waals surface area contributed by atoms with Crippen molar-refractivity contribution in [3.8, 4) is 12.3 Å². The van der Waals surface area contributed by atoms with Crippen molar-refractivity contribution >= 4 is 5.97 Å². The Balaban J connectivity index is 3.63. The zero-order chi connectivity index (χ0) is 11.5. The van der Waals surface area contributed by atoms with Crippen LogP contribution in [0.4, 0.5) is 0 Å². The van der Waals surface area contributed by atoms with Gasteiger partial charge < -0.3 is 14.9 Å². The number of rotatable bonds is 9. The molecule has 0 radical (unpaired) electrons. The molecule has 0 heterocycles. The second kappa shape index (κ2) is 9.46. The summed E-state index contributed by atoms with van der Waals surface area (Å²) in [7, 11) is 0. The minimum Gasteiger partial charge on any atom is -0.481 e. The Bertz CT molecular complexity index is 212. The van der Waals surface area contributed by atoms with Crippen LogP contribution in [-0.2, 0) is 9.53 Å². The van der Waals surface area contributed by atoms with Crippen molar-refractivity contribution < 1.29 is 19.7 Å². The van der Waals surface area contributed by atoms with E-state index in [0.29, 0.717) is 32.8 Å². The number of carboxylic acid groups (broad SMARTS) is 1. The van der Waals surface area contributed by atoms with E-state index in [1.165, 1.54) is 0 Å². The van der Waals surface area contributed by atoms with Gasteiger partial charge in [0.05, 0.1) is 32.8 Å². The number of aliphatic carboxylic acids is 1. The molecular weight excluding hydrogens is 198 g/mol.